The van der Waals surface area contributed by atoms with Crippen LogP contribution in [0, 0.1) is 5.82 Å². The van der Waals surface area contributed by atoms with Crippen LogP contribution in [-0.4, -0.2) is 66.9 Å². The second kappa shape index (κ2) is 7.75. The van der Waals surface area contributed by atoms with Crippen molar-refractivity contribution in [3.05, 3.63) is 46.5 Å². The summed E-state index contributed by atoms with van der Waals surface area (Å²) in [5.74, 6) is -0.0952. The van der Waals surface area contributed by atoms with Crippen LogP contribution in [-0.2, 0) is 16.7 Å². The normalized spacial score (nSPS) is 16.4. The van der Waals surface area contributed by atoms with Crippen LogP contribution in [0.15, 0.2) is 35.1 Å². The molecule has 1 saturated heterocycles. The van der Waals surface area contributed by atoms with E-state index in [0.717, 1.165) is 0 Å². The number of piperazine rings is 1. The molecule has 2 aromatic rings. The Morgan fingerprint density at radius 3 is 2.44 bits per heavy atom. The minimum Gasteiger partial charge on any atom is -0.497 e. The summed E-state index contributed by atoms with van der Waals surface area (Å²) in [6.07, 6.45) is 1.18. The van der Waals surface area contributed by atoms with Gasteiger partial charge in [-0.1, -0.05) is 0 Å². The lowest BCUT2D eigenvalue weighted by Crippen LogP contribution is -2.49. The summed E-state index contributed by atoms with van der Waals surface area (Å²) in [4.78, 5) is 14.1. The molecule has 2 heterocycles. The molecule has 1 aromatic heterocycles. The molecule has 1 aliphatic rings. The van der Waals surface area contributed by atoms with E-state index in [-0.39, 0.29) is 17.8 Å². The van der Waals surface area contributed by atoms with E-state index in [4.69, 9.17) is 4.74 Å². The smallest absolute Gasteiger partial charge is 0.268 e. The van der Waals surface area contributed by atoms with Crippen molar-refractivity contribution in [3.8, 4) is 17.0 Å². The first-order valence-corrected chi connectivity index (χ1v) is 10.2. The zero-order valence-electron chi connectivity index (χ0n) is 15.1. The van der Waals surface area contributed by atoms with Gasteiger partial charge in [0.25, 0.3) is 5.56 Å². The first-order chi connectivity index (χ1) is 12.8. The minimum absolute atomic E-state index is 0.210. The van der Waals surface area contributed by atoms with Crippen molar-refractivity contribution >= 4 is 10.0 Å². The van der Waals surface area contributed by atoms with Gasteiger partial charge in [-0.2, -0.15) is 9.40 Å². The van der Waals surface area contributed by atoms with Crippen LogP contribution < -0.4 is 10.3 Å². The summed E-state index contributed by atoms with van der Waals surface area (Å²) in [5, 5.41) is 4.27. The summed E-state index contributed by atoms with van der Waals surface area (Å²) in [7, 11) is -1.76. The third kappa shape index (κ3) is 4.52. The Bertz CT molecular complexity index is 985. The molecule has 0 radical (unpaired) electrons. The van der Waals surface area contributed by atoms with Gasteiger partial charge in [0, 0.05) is 43.9 Å². The SMILES string of the molecule is COc1ccc(-c2ccc(=O)n(CN3CCN(S(C)(=O)=O)CC3)n2)c(F)c1. The van der Waals surface area contributed by atoms with Gasteiger partial charge < -0.3 is 4.74 Å². The number of halogens is 1. The molecular formula is C17H21FN4O4S. The van der Waals surface area contributed by atoms with Gasteiger partial charge in [0.15, 0.2) is 0 Å². The van der Waals surface area contributed by atoms with Crippen LogP contribution in [0.5, 0.6) is 5.75 Å². The molecule has 0 unspecified atom stereocenters. The van der Waals surface area contributed by atoms with Crippen LogP contribution in [0.2, 0.25) is 0 Å². The van der Waals surface area contributed by atoms with Crippen molar-refractivity contribution < 1.29 is 17.5 Å². The highest BCUT2D eigenvalue weighted by Gasteiger charge is 2.23. The van der Waals surface area contributed by atoms with Gasteiger partial charge >= 0.3 is 0 Å². The van der Waals surface area contributed by atoms with Crippen LogP contribution in [0.4, 0.5) is 4.39 Å². The second-order valence-electron chi connectivity index (χ2n) is 6.32. The number of benzene rings is 1. The molecule has 1 aliphatic heterocycles. The van der Waals surface area contributed by atoms with E-state index in [9.17, 15) is 17.6 Å². The number of methoxy groups -OCH3 is 1. The number of nitrogens with zero attached hydrogens (tertiary/aromatic N) is 4. The number of ether oxygens (including phenoxy) is 1. The van der Waals surface area contributed by atoms with E-state index < -0.39 is 15.8 Å². The van der Waals surface area contributed by atoms with Crippen LogP contribution in [0.1, 0.15) is 0 Å². The fourth-order valence-corrected chi connectivity index (χ4v) is 3.74. The molecule has 0 amide bonds. The zero-order valence-corrected chi connectivity index (χ0v) is 15.9. The summed E-state index contributed by atoms with van der Waals surface area (Å²) in [6.45, 7) is 1.91. The molecule has 8 nitrogen and oxygen atoms in total. The average Bonchev–Trinajstić information content (AvgIpc) is 2.63. The largest absolute Gasteiger partial charge is 0.497 e. The Hall–Kier alpha value is -2.30. The van der Waals surface area contributed by atoms with E-state index in [0.29, 0.717) is 37.6 Å². The Balaban J connectivity index is 1.78. The Morgan fingerprint density at radius 2 is 1.85 bits per heavy atom. The molecule has 0 spiro atoms. The number of hydrogen-bond donors (Lipinski definition) is 0. The van der Waals surface area contributed by atoms with E-state index >= 15 is 0 Å². The highest BCUT2D eigenvalue weighted by molar-refractivity contribution is 7.88. The van der Waals surface area contributed by atoms with Gasteiger partial charge in [0.05, 0.1) is 25.7 Å². The predicted octanol–water partition coefficient (Wildman–Crippen LogP) is 0.593. The van der Waals surface area contributed by atoms with Gasteiger partial charge in [-0.05, 0) is 18.2 Å². The minimum atomic E-state index is -3.21. The molecule has 3 rings (SSSR count). The Morgan fingerprint density at radius 1 is 1.15 bits per heavy atom. The molecule has 0 N–H and O–H groups in total. The van der Waals surface area contributed by atoms with Crippen molar-refractivity contribution in [1.29, 1.82) is 0 Å². The van der Waals surface area contributed by atoms with Crippen molar-refractivity contribution in [3.63, 3.8) is 0 Å². The van der Waals surface area contributed by atoms with Crippen molar-refractivity contribution in [2.45, 2.75) is 6.67 Å². The first kappa shape index (κ1) is 19.5. The van der Waals surface area contributed by atoms with Crippen molar-refractivity contribution in [2.75, 3.05) is 39.5 Å². The maximum absolute atomic E-state index is 14.3. The van der Waals surface area contributed by atoms with Crippen molar-refractivity contribution in [2.24, 2.45) is 0 Å². The van der Waals surface area contributed by atoms with Gasteiger partial charge in [0.2, 0.25) is 10.0 Å². The monoisotopic (exact) mass is 396 g/mol. The number of hydrogen-bond acceptors (Lipinski definition) is 6. The Kier molecular flexibility index (Phi) is 5.59. The molecule has 0 saturated carbocycles. The van der Waals surface area contributed by atoms with E-state index in [1.807, 2.05) is 4.90 Å². The third-order valence-electron chi connectivity index (χ3n) is 4.45. The topological polar surface area (TPSA) is 84.7 Å². The molecule has 0 atom stereocenters. The molecule has 10 heteroatoms. The number of rotatable bonds is 5. The summed E-state index contributed by atoms with van der Waals surface area (Å²) >= 11 is 0. The van der Waals surface area contributed by atoms with Gasteiger partial charge in [-0.25, -0.2) is 17.5 Å². The number of sulfonamides is 1. The highest BCUT2D eigenvalue weighted by Crippen LogP contribution is 2.24. The van der Waals surface area contributed by atoms with Crippen LogP contribution in [0.3, 0.4) is 0 Å². The molecule has 0 aliphatic carbocycles. The standard InChI is InChI=1S/C17H21FN4O4S/c1-26-13-3-4-14(15(18)11-13)16-5-6-17(23)22(19-16)12-20-7-9-21(10-8-20)27(2,24)25/h3-6,11H,7-10,12H2,1-2H3. The lowest BCUT2D eigenvalue weighted by atomic mass is 10.1. The Labute approximate surface area is 156 Å². The molecule has 1 fully saturated rings. The molecule has 146 valence electrons. The van der Waals surface area contributed by atoms with Gasteiger partial charge in [-0.15, -0.1) is 0 Å². The van der Waals surface area contributed by atoms with E-state index in [1.54, 1.807) is 12.1 Å². The van der Waals surface area contributed by atoms with Crippen LogP contribution in [0.25, 0.3) is 11.3 Å². The third-order valence-corrected chi connectivity index (χ3v) is 5.76. The fraction of sp³-hybridized carbons (Fsp3) is 0.412. The molecule has 27 heavy (non-hydrogen) atoms. The molecular weight excluding hydrogens is 375 g/mol. The summed E-state index contributed by atoms with van der Waals surface area (Å²) in [6, 6.07) is 7.26. The lowest BCUT2D eigenvalue weighted by molar-refractivity contribution is 0.143. The lowest BCUT2D eigenvalue weighted by Gasteiger charge is -2.33. The number of aromatic nitrogens is 2. The average molecular weight is 396 g/mol. The maximum atomic E-state index is 14.3. The molecule has 0 bridgehead atoms. The molecule has 1 aromatic carbocycles. The van der Waals surface area contributed by atoms with Crippen LogP contribution >= 0.6 is 0 Å². The highest BCUT2D eigenvalue weighted by atomic mass is 32.2. The maximum Gasteiger partial charge on any atom is 0.268 e. The van der Waals surface area contributed by atoms with E-state index in [1.165, 1.54) is 40.6 Å². The summed E-state index contributed by atoms with van der Waals surface area (Å²) in [5.41, 5.74) is 0.300. The fourth-order valence-electron chi connectivity index (χ4n) is 2.92. The summed E-state index contributed by atoms with van der Waals surface area (Å²) < 4.78 is 45.1. The van der Waals surface area contributed by atoms with Gasteiger partial charge in [0.1, 0.15) is 11.6 Å². The predicted molar refractivity (Wildman–Crippen MR) is 98.4 cm³/mol. The second-order valence-corrected chi connectivity index (χ2v) is 8.31. The van der Waals surface area contributed by atoms with Gasteiger partial charge in [-0.3, -0.25) is 9.69 Å². The zero-order chi connectivity index (χ0) is 19.6. The van der Waals surface area contributed by atoms with E-state index in [2.05, 4.69) is 5.10 Å². The first-order valence-electron chi connectivity index (χ1n) is 8.37. The quantitative estimate of drug-likeness (QED) is 0.736. The van der Waals surface area contributed by atoms with Crippen molar-refractivity contribution in [1.82, 2.24) is 19.0 Å².